The molecular formula is C18H15N3O2. The van der Waals surface area contributed by atoms with E-state index in [2.05, 4.69) is 15.5 Å². The fourth-order valence-electron chi connectivity index (χ4n) is 1.98. The van der Waals surface area contributed by atoms with Crippen LogP contribution in [0.1, 0.15) is 16.2 Å². The van der Waals surface area contributed by atoms with Gasteiger partial charge < -0.3 is 10.1 Å². The fraction of sp³-hybridized carbons (Fsp3) is 0.0556. The third-order valence-corrected chi connectivity index (χ3v) is 3.14. The van der Waals surface area contributed by atoms with Crippen LogP contribution in [0.5, 0.6) is 11.5 Å². The van der Waals surface area contributed by atoms with E-state index in [1.165, 1.54) is 0 Å². The van der Waals surface area contributed by atoms with Crippen LogP contribution in [0.15, 0.2) is 66.7 Å². The Balaban J connectivity index is 1.80. The molecule has 0 radical (unpaired) electrons. The molecule has 0 aliphatic carbocycles. The topological polar surface area (TPSA) is 64.1 Å². The van der Waals surface area contributed by atoms with Crippen molar-refractivity contribution in [2.24, 2.45) is 0 Å². The van der Waals surface area contributed by atoms with Crippen molar-refractivity contribution >= 4 is 11.6 Å². The average Bonchev–Trinajstić information content (AvgIpc) is 2.58. The van der Waals surface area contributed by atoms with Gasteiger partial charge in [0.05, 0.1) is 11.4 Å². The molecule has 5 nitrogen and oxygen atoms in total. The monoisotopic (exact) mass is 305 g/mol. The van der Waals surface area contributed by atoms with E-state index >= 15 is 0 Å². The van der Waals surface area contributed by atoms with Crippen LogP contribution in [-0.2, 0) is 0 Å². The summed E-state index contributed by atoms with van der Waals surface area (Å²) in [4.78, 5) is 12.3. The SMILES string of the molecule is Cc1ccc(C(=O)Nc2ccccc2Oc2ccccc2)nn1. The van der Waals surface area contributed by atoms with Gasteiger partial charge in [-0.05, 0) is 43.3 Å². The summed E-state index contributed by atoms with van der Waals surface area (Å²) in [6, 6.07) is 20.0. The van der Waals surface area contributed by atoms with Crippen molar-refractivity contribution in [1.29, 1.82) is 0 Å². The molecule has 2 aromatic carbocycles. The first-order chi connectivity index (χ1) is 11.2. The molecule has 1 aromatic heterocycles. The molecule has 3 rings (SSSR count). The van der Waals surface area contributed by atoms with Gasteiger partial charge in [0.1, 0.15) is 5.75 Å². The maximum Gasteiger partial charge on any atom is 0.276 e. The van der Waals surface area contributed by atoms with Gasteiger partial charge in [-0.3, -0.25) is 4.79 Å². The Hall–Kier alpha value is -3.21. The van der Waals surface area contributed by atoms with Gasteiger partial charge in [-0.2, -0.15) is 5.10 Å². The molecular weight excluding hydrogens is 290 g/mol. The number of aromatic nitrogens is 2. The third-order valence-electron chi connectivity index (χ3n) is 3.14. The van der Waals surface area contributed by atoms with E-state index in [4.69, 9.17) is 4.74 Å². The van der Waals surface area contributed by atoms with Gasteiger partial charge in [0.25, 0.3) is 5.91 Å². The van der Waals surface area contributed by atoms with E-state index in [-0.39, 0.29) is 11.6 Å². The number of ether oxygens (including phenoxy) is 1. The predicted octanol–water partition coefficient (Wildman–Crippen LogP) is 3.83. The van der Waals surface area contributed by atoms with Crippen LogP contribution in [0.4, 0.5) is 5.69 Å². The van der Waals surface area contributed by atoms with Gasteiger partial charge >= 0.3 is 0 Å². The molecule has 23 heavy (non-hydrogen) atoms. The second kappa shape index (κ2) is 6.70. The largest absolute Gasteiger partial charge is 0.455 e. The molecule has 0 spiro atoms. The highest BCUT2D eigenvalue weighted by Gasteiger charge is 2.11. The minimum atomic E-state index is -0.332. The van der Waals surface area contributed by atoms with Crippen molar-refractivity contribution in [2.45, 2.75) is 6.92 Å². The van der Waals surface area contributed by atoms with Gasteiger partial charge in [0.15, 0.2) is 11.4 Å². The lowest BCUT2D eigenvalue weighted by Crippen LogP contribution is -2.15. The minimum Gasteiger partial charge on any atom is -0.455 e. The Kier molecular flexibility index (Phi) is 4.29. The Morgan fingerprint density at radius 3 is 2.39 bits per heavy atom. The Labute approximate surface area is 134 Å². The zero-order valence-electron chi connectivity index (χ0n) is 12.6. The molecule has 0 aliphatic heterocycles. The van der Waals surface area contributed by atoms with Gasteiger partial charge in [-0.1, -0.05) is 30.3 Å². The number of benzene rings is 2. The maximum atomic E-state index is 12.3. The first-order valence-corrected chi connectivity index (χ1v) is 7.16. The second-order valence-electron chi connectivity index (χ2n) is 4.93. The van der Waals surface area contributed by atoms with Crippen molar-refractivity contribution in [3.8, 4) is 11.5 Å². The molecule has 0 saturated carbocycles. The molecule has 0 saturated heterocycles. The lowest BCUT2D eigenvalue weighted by molar-refractivity contribution is 0.102. The molecule has 3 aromatic rings. The van der Waals surface area contributed by atoms with Gasteiger partial charge in [-0.15, -0.1) is 5.10 Å². The standard InChI is InChI=1S/C18H15N3O2/c1-13-11-12-16(21-20-13)18(22)19-15-9-5-6-10-17(15)23-14-7-3-2-4-8-14/h2-12H,1H3,(H,19,22). The number of nitrogens with zero attached hydrogens (tertiary/aromatic N) is 2. The highest BCUT2D eigenvalue weighted by molar-refractivity contribution is 6.03. The predicted molar refractivity (Wildman–Crippen MR) is 87.7 cm³/mol. The number of aryl methyl sites for hydroxylation is 1. The van der Waals surface area contributed by atoms with E-state index in [0.29, 0.717) is 17.2 Å². The molecule has 0 atom stereocenters. The Bertz CT molecular complexity index is 802. The molecule has 1 amide bonds. The summed E-state index contributed by atoms with van der Waals surface area (Å²) >= 11 is 0. The fourth-order valence-corrected chi connectivity index (χ4v) is 1.98. The lowest BCUT2D eigenvalue weighted by Gasteiger charge is -2.11. The molecule has 0 aliphatic rings. The maximum absolute atomic E-state index is 12.3. The summed E-state index contributed by atoms with van der Waals surface area (Å²) < 4.78 is 5.81. The van der Waals surface area contributed by atoms with E-state index in [1.807, 2.05) is 49.4 Å². The van der Waals surface area contributed by atoms with Crippen LogP contribution in [-0.4, -0.2) is 16.1 Å². The molecule has 5 heteroatoms. The smallest absolute Gasteiger partial charge is 0.276 e. The lowest BCUT2D eigenvalue weighted by atomic mass is 10.2. The summed E-state index contributed by atoms with van der Waals surface area (Å²) in [6.45, 7) is 1.82. The van der Waals surface area contributed by atoms with Gasteiger partial charge in [0.2, 0.25) is 0 Å². The van der Waals surface area contributed by atoms with Crippen LogP contribution in [0, 0.1) is 6.92 Å². The molecule has 114 valence electrons. The number of hydrogen-bond donors (Lipinski definition) is 1. The van der Waals surface area contributed by atoms with Crippen molar-refractivity contribution < 1.29 is 9.53 Å². The summed E-state index contributed by atoms with van der Waals surface area (Å²) in [5, 5.41) is 10.6. The molecule has 1 N–H and O–H groups in total. The first kappa shape index (κ1) is 14.7. The summed E-state index contributed by atoms with van der Waals surface area (Å²) in [5.41, 5.74) is 1.59. The molecule has 0 fully saturated rings. The average molecular weight is 305 g/mol. The number of carbonyl (C=O) groups excluding carboxylic acids is 1. The van der Waals surface area contributed by atoms with Crippen molar-refractivity contribution in [3.05, 3.63) is 78.1 Å². The second-order valence-corrected chi connectivity index (χ2v) is 4.93. The van der Waals surface area contributed by atoms with Crippen LogP contribution in [0.25, 0.3) is 0 Å². The van der Waals surface area contributed by atoms with Gasteiger partial charge in [-0.25, -0.2) is 0 Å². The van der Waals surface area contributed by atoms with Crippen molar-refractivity contribution in [3.63, 3.8) is 0 Å². The first-order valence-electron chi connectivity index (χ1n) is 7.16. The number of amides is 1. The highest BCUT2D eigenvalue weighted by Crippen LogP contribution is 2.29. The number of hydrogen-bond acceptors (Lipinski definition) is 4. The van der Waals surface area contributed by atoms with Crippen LogP contribution < -0.4 is 10.1 Å². The normalized spacial score (nSPS) is 10.1. The summed E-state index contributed by atoms with van der Waals surface area (Å²) in [7, 11) is 0. The number of carbonyl (C=O) groups is 1. The summed E-state index contributed by atoms with van der Waals surface area (Å²) in [5.74, 6) is 0.929. The van der Waals surface area contributed by atoms with Crippen LogP contribution >= 0.6 is 0 Å². The van der Waals surface area contributed by atoms with E-state index in [9.17, 15) is 4.79 Å². The number of rotatable bonds is 4. The van der Waals surface area contributed by atoms with Gasteiger partial charge in [0, 0.05) is 0 Å². The van der Waals surface area contributed by atoms with Crippen LogP contribution in [0.3, 0.4) is 0 Å². The third kappa shape index (κ3) is 3.71. The Morgan fingerprint density at radius 2 is 1.65 bits per heavy atom. The Morgan fingerprint density at radius 1 is 0.913 bits per heavy atom. The van der Waals surface area contributed by atoms with Crippen LogP contribution in [0.2, 0.25) is 0 Å². The number of nitrogens with one attached hydrogen (secondary N) is 1. The van der Waals surface area contributed by atoms with E-state index in [0.717, 1.165) is 5.69 Å². The molecule has 0 bridgehead atoms. The van der Waals surface area contributed by atoms with E-state index in [1.54, 1.807) is 24.3 Å². The summed E-state index contributed by atoms with van der Waals surface area (Å²) in [6.07, 6.45) is 0. The zero-order valence-corrected chi connectivity index (χ0v) is 12.6. The zero-order chi connectivity index (χ0) is 16.1. The van der Waals surface area contributed by atoms with Crippen molar-refractivity contribution in [2.75, 3.05) is 5.32 Å². The number of para-hydroxylation sites is 3. The highest BCUT2D eigenvalue weighted by atomic mass is 16.5. The molecule has 1 heterocycles. The quantitative estimate of drug-likeness (QED) is 0.795. The van der Waals surface area contributed by atoms with E-state index < -0.39 is 0 Å². The minimum absolute atomic E-state index is 0.255. The molecule has 0 unspecified atom stereocenters. The van der Waals surface area contributed by atoms with Crippen molar-refractivity contribution in [1.82, 2.24) is 10.2 Å². The number of anilines is 1.